The van der Waals surface area contributed by atoms with E-state index in [0.717, 1.165) is 28.2 Å². The van der Waals surface area contributed by atoms with Gasteiger partial charge in [-0.1, -0.05) is 19.6 Å². The lowest BCUT2D eigenvalue weighted by molar-refractivity contribution is 0.0818. The minimum Gasteiger partial charge on any atom is -0.360 e. The molecule has 0 saturated heterocycles. The maximum Gasteiger partial charge on any atom is 0.213 e. The first-order valence-electron chi connectivity index (χ1n) is 9.85. The fourth-order valence-corrected chi connectivity index (χ4v) is 3.93. The minimum atomic E-state index is -1.17. The molecule has 9 heteroatoms. The summed E-state index contributed by atoms with van der Waals surface area (Å²) in [6.45, 7) is 7.97. The predicted octanol–water partition coefficient (Wildman–Crippen LogP) is 4.35. The summed E-state index contributed by atoms with van der Waals surface area (Å²) in [5, 5.41) is 9.82. The van der Waals surface area contributed by atoms with Crippen molar-refractivity contribution < 1.29 is 9.13 Å². The molecule has 0 aromatic carbocycles. The molecule has 0 spiro atoms. The lowest BCUT2D eigenvalue weighted by Gasteiger charge is -2.15. The first-order valence-corrected chi connectivity index (χ1v) is 13.6. The van der Waals surface area contributed by atoms with Crippen LogP contribution in [0.3, 0.4) is 0 Å². The SMILES string of the molecule is Cn1cc(-c2cc3c(-c4ccnc(F)c4)nn(COCC[Si](C)(C)C)c3cn2)cn1. The molecular weight excluding hydrogens is 399 g/mol. The van der Waals surface area contributed by atoms with Crippen LogP contribution in [0.1, 0.15) is 0 Å². The third kappa shape index (κ3) is 4.47. The van der Waals surface area contributed by atoms with Crippen molar-refractivity contribution in [2.75, 3.05) is 6.61 Å². The first kappa shape index (κ1) is 20.4. The predicted molar refractivity (Wildman–Crippen MR) is 117 cm³/mol. The van der Waals surface area contributed by atoms with Crippen LogP contribution in [0.2, 0.25) is 25.7 Å². The van der Waals surface area contributed by atoms with Crippen molar-refractivity contribution in [1.82, 2.24) is 29.5 Å². The highest BCUT2D eigenvalue weighted by atomic mass is 28.3. The molecule has 0 aliphatic heterocycles. The molecule has 0 fully saturated rings. The number of pyridine rings is 2. The zero-order valence-electron chi connectivity index (χ0n) is 17.6. The van der Waals surface area contributed by atoms with E-state index < -0.39 is 14.0 Å². The van der Waals surface area contributed by atoms with Gasteiger partial charge >= 0.3 is 0 Å². The number of aromatic nitrogens is 6. The Kier molecular flexibility index (Phi) is 5.48. The van der Waals surface area contributed by atoms with Gasteiger partial charge in [0, 0.05) is 56.7 Å². The average Bonchev–Trinajstić information content (AvgIpc) is 3.28. The number of ether oxygens (including phenoxy) is 1. The highest BCUT2D eigenvalue weighted by Crippen LogP contribution is 2.30. The summed E-state index contributed by atoms with van der Waals surface area (Å²) in [7, 11) is 0.695. The fourth-order valence-electron chi connectivity index (χ4n) is 3.17. The number of fused-ring (bicyclic) bond motifs is 1. The molecule has 0 N–H and O–H groups in total. The van der Waals surface area contributed by atoms with Crippen LogP contribution in [0.15, 0.2) is 43.0 Å². The van der Waals surface area contributed by atoms with Crippen LogP contribution in [-0.2, 0) is 18.5 Å². The number of nitrogens with zero attached hydrogens (tertiary/aromatic N) is 6. The summed E-state index contributed by atoms with van der Waals surface area (Å²) in [5.41, 5.74) is 3.86. The molecule has 0 bridgehead atoms. The minimum absolute atomic E-state index is 0.322. The van der Waals surface area contributed by atoms with Gasteiger partial charge in [0.25, 0.3) is 0 Å². The van der Waals surface area contributed by atoms with Gasteiger partial charge in [0.05, 0.1) is 23.6 Å². The third-order valence-corrected chi connectivity index (χ3v) is 6.55. The Balaban J connectivity index is 1.73. The van der Waals surface area contributed by atoms with Crippen molar-refractivity contribution in [3.8, 4) is 22.5 Å². The van der Waals surface area contributed by atoms with Crippen molar-refractivity contribution in [2.24, 2.45) is 7.05 Å². The molecule has 4 aromatic heterocycles. The zero-order chi connectivity index (χ0) is 21.3. The van der Waals surface area contributed by atoms with Crippen molar-refractivity contribution >= 4 is 19.0 Å². The van der Waals surface area contributed by atoms with Gasteiger partial charge in [-0.15, -0.1) is 0 Å². The van der Waals surface area contributed by atoms with E-state index in [1.54, 1.807) is 27.8 Å². The van der Waals surface area contributed by atoms with E-state index in [-0.39, 0.29) is 0 Å². The summed E-state index contributed by atoms with van der Waals surface area (Å²) >= 11 is 0. The number of hydrogen-bond donors (Lipinski definition) is 0. The molecule has 156 valence electrons. The van der Waals surface area contributed by atoms with Crippen LogP contribution >= 0.6 is 0 Å². The fraction of sp³-hybridized carbons (Fsp3) is 0.333. The third-order valence-electron chi connectivity index (χ3n) is 4.85. The monoisotopic (exact) mass is 424 g/mol. The topological polar surface area (TPSA) is 70.7 Å². The molecule has 0 aliphatic rings. The summed E-state index contributed by atoms with van der Waals surface area (Å²) in [4.78, 5) is 8.25. The van der Waals surface area contributed by atoms with Crippen molar-refractivity contribution in [2.45, 2.75) is 32.4 Å². The summed E-state index contributed by atoms with van der Waals surface area (Å²) in [6.07, 6.45) is 6.91. The molecule has 4 heterocycles. The largest absolute Gasteiger partial charge is 0.360 e. The van der Waals surface area contributed by atoms with E-state index in [1.807, 2.05) is 19.3 Å². The molecule has 4 aromatic rings. The van der Waals surface area contributed by atoms with Gasteiger partial charge in [0.15, 0.2) is 0 Å². The lowest BCUT2D eigenvalue weighted by atomic mass is 10.1. The van der Waals surface area contributed by atoms with Crippen molar-refractivity contribution in [3.05, 3.63) is 48.9 Å². The van der Waals surface area contributed by atoms with Gasteiger partial charge in [-0.25, -0.2) is 9.67 Å². The number of rotatable bonds is 7. The standard InChI is InChI=1S/C21H25FN6OSi/c1-27-13-16(11-25-27)18-10-17-19(12-24-18)28(14-29-7-8-30(2,3)4)26-21(17)15-5-6-23-20(22)9-15/h5-6,9-13H,7-8,14H2,1-4H3. The van der Waals surface area contributed by atoms with Gasteiger partial charge in [-0.3, -0.25) is 9.67 Å². The molecule has 30 heavy (non-hydrogen) atoms. The van der Waals surface area contributed by atoms with Crippen LogP contribution in [0.4, 0.5) is 4.39 Å². The normalized spacial score (nSPS) is 12.0. The van der Waals surface area contributed by atoms with E-state index >= 15 is 0 Å². The quantitative estimate of drug-likeness (QED) is 0.251. The second-order valence-corrected chi connectivity index (χ2v) is 14.2. The van der Waals surface area contributed by atoms with Crippen LogP contribution < -0.4 is 0 Å². The number of hydrogen-bond acceptors (Lipinski definition) is 5. The van der Waals surface area contributed by atoms with Gasteiger partial charge in [-0.05, 0) is 18.2 Å². The molecule has 0 atom stereocenters. The van der Waals surface area contributed by atoms with E-state index in [4.69, 9.17) is 9.84 Å². The molecule has 0 radical (unpaired) electrons. The highest BCUT2D eigenvalue weighted by molar-refractivity contribution is 6.76. The molecular formula is C21H25FN6OSi. The second-order valence-electron chi connectivity index (χ2n) is 8.55. The van der Waals surface area contributed by atoms with Gasteiger partial charge in [0.2, 0.25) is 5.95 Å². The zero-order valence-corrected chi connectivity index (χ0v) is 18.6. The van der Waals surface area contributed by atoms with Crippen LogP contribution in [0, 0.1) is 5.95 Å². The summed E-state index contributed by atoms with van der Waals surface area (Å²) < 4.78 is 23.2. The van der Waals surface area contributed by atoms with Crippen LogP contribution in [0.25, 0.3) is 33.4 Å². The second kappa shape index (κ2) is 8.08. The van der Waals surface area contributed by atoms with Gasteiger partial charge < -0.3 is 4.74 Å². The van der Waals surface area contributed by atoms with Crippen molar-refractivity contribution in [1.29, 1.82) is 0 Å². The maximum atomic E-state index is 13.8. The van der Waals surface area contributed by atoms with Crippen molar-refractivity contribution in [3.63, 3.8) is 0 Å². The molecule has 7 nitrogen and oxygen atoms in total. The van der Waals surface area contributed by atoms with E-state index in [0.29, 0.717) is 24.6 Å². The maximum absolute atomic E-state index is 13.8. The van der Waals surface area contributed by atoms with Gasteiger partial charge in [0.1, 0.15) is 12.4 Å². The summed E-state index contributed by atoms with van der Waals surface area (Å²) in [5.74, 6) is -0.539. The molecule has 0 amide bonds. The number of aryl methyl sites for hydroxylation is 1. The average molecular weight is 425 g/mol. The molecule has 4 rings (SSSR count). The summed E-state index contributed by atoms with van der Waals surface area (Å²) in [6, 6.07) is 6.19. The first-order chi connectivity index (χ1) is 14.3. The van der Waals surface area contributed by atoms with Crippen LogP contribution in [-0.4, -0.2) is 44.2 Å². The smallest absolute Gasteiger partial charge is 0.213 e. The molecule has 0 saturated carbocycles. The van der Waals surface area contributed by atoms with E-state index in [1.165, 1.54) is 12.3 Å². The number of halogens is 1. The van der Waals surface area contributed by atoms with E-state index in [9.17, 15) is 4.39 Å². The van der Waals surface area contributed by atoms with Crippen LogP contribution in [0.5, 0.6) is 0 Å². The Hall–Kier alpha value is -2.91. The Morgan fingerprint density at radius 3 is 2.63 bits per heavy atom. The van der Waals surface area contributed by atoms with Gasteiger partial charge in [-0.2, -0.15) is 14.6 Å². The van der Waals surface area contributed by atoms with E-state index in [2.05, 4.69) is 34.7 Å². The molecule has 0 unspecified atom stereocenters. The Labute approximate surface area is 175 Å². The Morgan fingerprint density at radius 2 is 1.93 bits per heavy atom. The Morgan fingerprint density at radius 1 is 1.10 bits per heavy atom. The lowest BCUT2D eigenvalue weighted by Crippen LogP contribution is -2.22. The highest BCUT2D eigenvalue weighted by Gasteiger charge is 2.17. The molecule has 0 aliphatic carbocycles. The Bertz CT molecular complexity index is 1180.